The first-order valence-corrected chi connectivity index (χ1v) is 8.51. The van der Waals surface area contributed by atoms with Crippen LogP contribution in [0.15, 0.2) is 30.6 Å². The molecule has 20 heavy (non-hydrogen) atoms. The van der Waals surface area contributed by atoms with Gasteiger partial charge in [-0.15, -0.1) is 0 Å². The highest BCUT2D eigenvalue weighted by Crippen LogP contribution is 2.66. The molecule has 2 aliphatic rings. The zero-order valence-electron chi connectivity index (χ0n) is 12.3. The van der Waals surface area contributed by atoms with Crippen LogP contribution in [0.4, 0.5) is 0 Å². The van der Waals surface area contributed by atoms with Crippen molar-refractivity contribution < 1.29 is 13.0 Å². The monoisotopic (exact) mass is 297 g/mol. The van der Waals surface area contributed by atoms with E-state index >= 15 is 0 Å². The SMILES string of the molecule is CC1(C)C2CCC1(C)C(S(=O)(=O)O)C2.c1ccncc1. The van der Waals surface area contributed by atoms with E-state index in [0.717, 1.165) is 12.8 Å². The highest BCUT2D eigenvalue weighted by Gasteiger charge is 2.64. The summed E-state index contributed by atoms with van der Waals surface area (Å²) in [6, 6.07) is 5.72. The Morgan fingerprint density at radius 2 is 1.75 bits per heavy atom. The first kappa shape index (κ1) is 15.4. The van der Waals surface area contributed by atoms with E-state index in [1.54, 1.807) is 12.4 Å². The first-order chi connectivity index (χ1) is 9.19. The molecule has 112 valence electrons. The number of aromatic nitrogens is 1. The second-order valence-electron chi connectivity index (χ2n) is 6.64. The predicted molar refractivity (Wildman–Crippen MR) is 78.8 cm³/mol. The Hall–Kier alpha value is -0.940. The molecule has 3 atom stereocenters. The maximum absolute atomic E-state index is 11.3. The lowest BCUT2D eigenvalue weighted by Crippen LogP contribution is -2.40. The van der Waals surface area contributed by atoms with Crippen LogP contribution in [-0.4, -0.2) is 23.2 Å². The molecule has 0 amide bonds. The predicted octanol–water partition coefficient (Wildman–Crippen LogP) is 3.17. The van der Waals surface area contributed by atoms with Crippen LogP contribution in [0.2, 0.25) is 0 Å². The van der Waals surface area contributed by atoms with Crippen molar-refractivity contribution in [1.82, 2.24) is 4.98 Å². The van der Waals surface area contributed by atoms with E-state index in [4.69, 9.17) is 0 Å². The third kappa shape index (κ3) is 2.49. The molecule has 2 saturated carbocycles. The van der Waals surface area contributed by atoms with Gasteiger partial charge in [0.1, 0.15) is 0 Å². The van der Waals surface area contributed by atoms with Crippen molar-refractivity contribution in [3.8, 4) is 0 Å². The standard InChI is InChI=1S/C10H18O3S.C5H5N/c1-9(2)7-4-5-10(9,3)8(6-7)14(11,12)13;1-2-4-6-5-3-1/h7-8H,4-6H2,1-3H3,(H,11,12,13);1-5H. The van der Waals surface area contributed by atoms with Gasteiger partial charge in [0.25, 0.3) is 10.1 Å². The fourth-order valence-corrected chi connectivity index (χ4v) is 5.45. The fraction of sp³-hybridized carbons (Fsp3) is 0.667. The summed E-state index contributed by atoms with van der Waals surface area (Å²) in [5, 5.41) is -0.538. The number of hydrogen-bond acceptors (Lipinski definition) is 3. The third-order valence-corrected chi connectivity index (χ3v) is 7.07. The number of pyridine rings is 1. The summed E-state index contributed by atoms with van der Waals surface area (Å²) in [7, 11) is -3.86. The van der Waals surface area contributed by atoms with Gasteiger partial charge in [-0.3, -0.25) is 9.54 Å². The van der Waals surface area contributed by atoms with E-state index in [9.17, 15) is 13.0 Å². The molecule has 3 unspecified atom stereocenters. The number of nitrogens with zero attached hydrogens (tertiary/aromatic N) is 1. The first-order valence-electron chi connectivity index (χ1n) is 7.01. The molecule has 2 aliphatic carbocycles. The lowest BCUT2D eigenvalue weighted by atomic mass is 9.71. The van der Waals surface area contributed by atoms with E-state index in [-0.39, 0.29) is 10.8 Å². The lowest BCUT2D eigenvalue weighted by molar-refractivity contribution is 0.151. The molecule has 0 spiro atoms. The minimum atomic E-state index is -3.86. The van der Waals surface area contributed by atoms with Crippen LogP contribution < -0.4 is 0 Å². The Kier molecular flexibility index (Phi) is 3.95. The van der Waals surface area contributed by atoms with Crippen LogP contribution in [0.5, 0.6) is 0 Å². The molecule has 1 N–H and O–H groups in total. The van der Waals surface area contributed by atoms with Crippen molar-refractivity contribution in [3.63, 3.8) is 0 Å². The smallest absolute Gasteiger partial charge is 0.268 e. The minimum Gasteiger partial charge on any atom is -0.285 e. The molecule has 3 rings (SSSR count). The van der Waals surface area contributed by atoms with Gasteiger partial charge < -0.3 is 0 Å². The summed E-state index contributed by atoms with van der Waals surface area (Å²) >= 11 is 0. The maximum Gasteiger partial charge on any atom is 0.268 e. The molecular formula is C15H23NO3S. The second-order valence-corrected chi connectivity index (χ2v) is 8.24. The fourth-order valence-electron chi connectivity index (χ4n) is 3.89. The van der Waals surface area contributed by atoms with Crippen LogP contribution in [0.1, 0.15) is 40.0 Å². The number of hydrogen-bond donors (Lipinski definition) is 1. The molecule has 0 radical (unpaired) electrons. The van der Waals surface area contributed by atoms with Crippen LogP contribution in [0.3, 0.4) is 0 Å². The molecular weight excluding hydrogens is 274 g/mol. The van der Waals surface area contributed by atoms with Crippen LogP contribution in [0, 0.1) is 16.7 Å². The van der Waals surface area contributed by atoms with Gasteiger partial charge in [-0.05, 0) is 48.1 Å². The summed E-state index contributed by atoms with van der Waals surface area (Å²) < 4.78 is 31.8. The summed E-state index contributed by atoms with van der Waals surface area (Å²) in [5.41, 5.74) is -0.182. The van der Waals surface area contributed by atoms with E-state index in [0.29, 0.717) is 12.3 Å². The highest BCUT2D eigenvalue weighted by molar-refractivity contribution is 7.86. The van der Waals surface area contributed by atoms with Gasteiger partial charge in [-0.2, -0.15) is 8.42 Å². The van der Waals surface area contributed by atoms with E-state index < -0.39 is 15.4 Å². The summed E-state index contributed by atoms with van der Waals surface area (Å²) in [6.45, 7) is 6.28. The molecule has 5 heteroatoms. The van der Waals surface area contributed by atoms with Gasteiger partial charge in [-0.25, -0.2) is 0 Å². The average molecular weight is 297 g/mol. The minimum absolute atomic E-state index is 0.0491. The molecule has 1 heterocycles. The maximum atomic E-state index is 11.3. The average Bonchev–Trinajstić information content (AvgIpc) is 2.73. The summed E-state index contributed by atoms with van der Waals surface area (Å²) in [4.78, 5) is 3.78. The molecule has 2 fully saturated rings. The molecule has 0 saturated heterocycles. The Bertz CT molecular complexity index is 529. The van der Waals surface area contributed by atoms with E-state index in [2.05, 4.69) is 18.8 Å². The Balaban J connectivity index is 0.000000205. The van der Waals surface area contributed by atoms with Crippen molar-refractivity contribution >= 4 is 10.1 Å². The molecule has 1 aromatic rings. The summed E-state index contributed by atoms with van der Waals surface area (Å²) in [6.07, 6.45) is 6.17. The number of fused-ring (bicyclic) bond motifs is 2. The van der Waals surface area contributed by atoms with Crippen LogP contribution >= 0.6 is 0 Å². The third-order valence-electron chi connectivity index (χ3n) is 5.64. The van der Waals surface area contributed by atoms with Crippen molar-refractivity contribution in [3.05, 3.63) is 30.6 Å². The second kappa shape index (κ2) is 5.11. The Morgan fingerprint density at radius 1 is 1.15 bits per heavy atom. The van der Waals surface area contributed by atoms with Crippen LogP contribution in [0.25, 0.3) is 0 Å². The van der Waals surface area contributed by atoms with Gasteiger partial charge in [-0.1, -0.05) is 26.8 Å². The van der Waals surface area contributed by atoms with Gasteiger partial charge >= 0.3 is 0 Å². The summed E-state index contributed by atoms with van der Waals surface area (Å²) in [5.74, 6) is 0.458. The van der Waals surface area contributed by atoms with Gasteiger partial charge in [0.2, 0.25) is 0 Å². The highest BCUT2D eigenvalue weighted by atomic mass is 32.2. The molecule has 2 bridgehead atoms. The lowest BCUT2D eigenvalue weighted by Gasteiger charge is -2.37. The molecule has 4 nitrogen and oxygen atoms in total. The van der Waals surface area contributed by atoms with Crippen molar-refractivity contribution in [2.45, 2.75) is 45.3 Å². The zero-order valence-corrected chi connectivity index (χ0v) is 13.1. The molecule has 0 aliphatic heterocycles. The van der Waals surface area contributed by atoms with Gasteiger partial charge in [0, 0.05) is 12.4 Å². The van der Waals surface area contributed by atoms with E-state index in [1.807, 2.05) is 25.1 Å². The van der Waals surface area contributed by atoms with Crippen molar-refractivity contribution in [1.29, 1.82) is 0 Å². The Morgan fingerprint density at radius 3 is 1.95 bits per heavy atom. The quantitative estimate of drug-likeness (QED) is 0.808. The Labute approximate surface area is 121 Å². The van der Waals surface area contributed by atoms with Crippen LogP contribution in [-0.2, 0) is 10.1 Å². The van der Waals surface area contributed by atoms with Gasteiger partial charge in [0.05, 0.1) is 5.25 Å². The molecule has 1 aromatic heterocycles. The zero-order chi connectivity index (χ0) is 15.0. The normalized spacial score (nSPS) is 34.4. The molecule has 0 aromatic carbocycles. The van der Waals surface area contributed by atoms with Crippen molar-refractivity contribution in [2.75, 3.05) is 0 Å². The topological polar surface area (TPSA) is 67.3 Å². The number of rotatable bonds is 1. The largest absolute Gasteiger partial charge is 0.285 e. The van der Waals surface area contributed by atoms with E-state index in [1.165, 1.54) is 0 Å². The van der Waals surface area contributed by atoms with Crippen molar-refractivity contribution in [2.24, 2.45) is 16.7 Å². The van der Waals surface area contributed by atoms with Gasteiger partial charge in [0.15, 0.2) is 0 Å².